The summed E-state index contributed by atoms with van der Waals surface area (Å²) in [4.78, 5) is 30.0. The van der Waals surface area contributed by atoms with E-state index in [1.807, 2.05) is 30.3 Å². The van der Waals surface area contributed by atoms with Crippen LogP contribution in [0.25, 0.3) is 10.9 Å². The molecule has 6 N–H and O–H groups in total. The molecule has 35 heavy (non-hydrogen) atoms. The van der Waals surface area contributed by atoms with Crippen molar-refractivity contribution in [1.82, 2.24) is 15.2 Å². The van der Waals surface area contributed by atoms with Crippen LogP contribution in [0.1, 0.15) is 25.8 Å². The second-order valence-electron chi connectivity index (χ2n) is 8.32. The van der Waals surface area contributed by atoms with Crippen LogP contribution in [-0.2, 0) is 11.2 Å². The molecule has 3 aromatic rings. The van der Waals surface area contributed by atoms with Crippen molar-refractivity contribution in [2.75, 3.05) is 19.7 Å². The quantitative estimate of drug-likeness (QED) is 0.298. The van der Waals surface area contributed by atoms with Gasteiger partial charge in [-0.15, -0.1) is 0 Å². The molecule has 1 saturated heterocycles. The predicted octanol–water partition coefficient (Wildman–Crippen LogP) is 1.58. The van der Waals surface area contributed by atoms with E-state index >= 15 is 0 Å². The average Bonchev–Trinajstić information content (AvgIpc) is 3.41. The molecule has 0 unspecified atom stereocenters. The number of rotatable bonds is 6. The molecule has 10 heteroatoms. The van der Waals surface area contributed by atoms with E-state index in [9.17, 15) is 24.9 Å². The Bertz CT molecular complexity index is 1140. The molecule has 1 aliphatic rings. The highest BCUT2D eigenvalue weighted by molar-refractivity contribution is 6.31. The van der Waals surface area contributed by atoms with Gasteiger partial charge in [0.1, 0.15) is 5.69 Å². The highest BCUT2D eigenvalue weighted by Gasteiger charge is 2.38. The third-order valence-electron chi connectivity index (χ3n) is 5.65. The van der Waals surface area contributed by atoms with Gasteiger partial charge in [-0.2, -0.15) is 0 Å². The number of benzene rings is 2. The van der Waals surface area contributed by atoms with Crippen molar-refractivity contribution in [1.29, 1.82) is 0 Å². The first-order valence-electron chi connectivity index (χ1n) is 11.3. The maximum absolute atomic E-state index is 13.0. The van der Waals surface area contributed by atoms with Crippen molar-refractivity contribution in [2.45, 2.75) is 37.7 Å². The fourth-order valence-corrected chi connectivity index (χ4v) is 4.07. The molecule has 9 nitrogen and oxygen atoms in total. The SMILES string of the molecule is CCO.O=C(N[C@@H](Cc1ccccc1)[C@@H](O)C(=O)N1C[C@@H](O)[C@@H](O)C1)c1cc2cc(Cl)ccc2[nH]1.[HH].[HH]. The van der Waals surface area contributed by atoms with Crippen LogP contribution in [0.2, 0.25) is 5.02 Å². The number of carbonyl (C=O) groups is 2. The van der Waals surface area contributed by atoms with Crippen LogP contribution in [-0.4, -0.2) is 86.2 Å². The summed E-state index contributed by atoms with van der Waals surface area (Å²) in [7, 11) is 0. The molecule has 4 rings (SSSR count). The Labute approximate surface area is 210 Å². The van der Waals surface area contributed by atoms with Crippen LogP contribution in [0, 0.1) is 0 Å². The first-order chi connectivity index (χ1) is 16.7. The number of hydrogen-bond acceptors (Lipinski definition) is 6. The molecule has 1 fully saturated rings. The molecule has 0 aliphatic carbocycles. The van der Waals surface area contributed by atoms with Crippen LogP contribution in [0.4, 0.5) is 0 Å². The van der Waals surface area contributed by atoms with Gasteiger partial charge in [0, 0.05) is 38.5 Å². The summed E-state index contributed by atoms with van der Waals surface area (Å²) in [6.07, 6.45) is -3.47. The lowest BCUT2D eigenvalue weighted by Gasteiger charge is -2.27. The lowest BCUT2D eigenvalue weighted by molar-refractivity contribution is -0.141. The largest absolute Gasteiger partial charge is 0.397 e. The Morgan fingerprint density at radius 1 is 1.14 bits per heavy atom. The number of aliphatic hydroxyl groups is 4. The van der Waals surface area contributed by atoms with Gasteiger partial charge in [-0.25, -0.2) is 0 Å². The van der Waals surface area contributed by atoms with Gasteiger partial charge in [-0.3, -0.25) is 9.59 Å². The summed E-state index contributed by atoms with van der Waals surface area (Å²) < 4.78 is 0. The standard InChI is InChI=1S/C23H24ClN3O5.C2H6O.2H2/c24-15-6-7-16-14(9-15)10-18(25-16)22(31)26-17(8-13-4-2-1-3-5-13)21(30)23(32)27-11-19(28)20(29)12-27;1-2-3;;/h1-7,9-10,17,19-21,25,28-30H,8,11-12H2,(H,26,31);3H,2H2,1H3;2*1H/t17-,19-,20+,21+;;;/m0.../s1. The number of hydrogen-bond donors (Lipinski definition) is 6. The van der Waals surface area contributed by atoms with Crippen molar-refractivity contribution in [2.24, 2.45) is 0 Å². The second-order valence-corrected chi connectivity index (χ2v) is 8.76. The van der Waals surface area contributed by atoms with Gasteiger partial charge >= 0.3 is 0 Å². The summed E-state index contributed by atoms with van der Waals surface area (Å²) in [6, 6.07) is 15.1. The Hall–Kier alpha value is -2.95. The number of likely N-dealkylation sites (tertiary alicyclic amines) is 1. The Kier molecular flexibility index (Phi) is 9.25. The zero-order chi connectivity index (χ0) is 25.5. The molecule has 0 bridgehead atoms. The van der Waals surface area contributed by atoms with Gasteiger partial charge in [0.15, 0.2) is 6.10 Å². The van der Waals surface area contributed by atoms with Gasteiger partial charge in [-0.05, 0) is 43.2 Å². The number of aliphatic hydroxyl groups excluding tert-OH is 4. The van der Waals surface area contributed by atoms with Crippen LogP contribution in [0.3, 0.4) is 0 Å². The van der Waals surface area contributed by atoms with E-state index in [-0.39, 0.29) is 34.7 Å². The van der Waals surface area contributed by atoms with E-state index in [1.165, 1.54) is 4.90 Å². The smallest absolute Gasteiger partial charge is 0.268 e. The molecule has 192 valence electrons. The molecule has 2 amide bonds. The second kappa shape index (κ2) is 12.1. The highest BCUT2D eigenvalue weighted by atomic mass is 35.5. The zero-order valence-electron chi connectivity index (χ0n) is 19.3. The number of aromatic amines is 1. The number of aromatic nitrogens is 1. The van der Waals surface area contributed by atoms with Crippen molar-refractivity contribution < 1.29 is 32.9 Å². The normalized spacial score (nSPS) is 19.1. The minimum atomic E-state index is -1.56. The van der Waals surface area contributed by atoms with Crippen LogP contribution < -0.4 is 5.32 Å². The molecule has 4 atom stereocenters. The van der Waals surface area contributed by atoms with Crippen molar-refractivity contribution in [3.8, 4) is 0 Å². The first kappa shape index (κ1) is 26.7. The van der Waals surface area contributed by atoms with Gasteiger partial charge in [-0.1, -0.05) is 41.9 Å². The Morgan fingerprint density at radius 3 is 2.40 bits per heavy atom. The number of H-pyrrole nitrogens is 1. The molecule has 0 saturated carbocycles. The molecule has 0 radical (unpaired) electrons. The average molecular weight is 508 g/mol. The summed E-state index contributed by atoms with van der Waals surface area (Å²) in [5, 5.41) is 42.0. The maximum atomic E-state index is 13.0. The van der Waals surface area contributed by atoms with Gasteiger partial charge < -0.3 is 35.6 Å². The maximum Gasteiger partial charge on any atom is 0.268 e. The monoisotopic (exact) mass is 507 g/mol. The Morgan fingerprint density at radius 2 is 1.77 bits per heavy atom. The van der Waals surface area contributed by atoms with E-state index in [0.29, 0.717) is 5.02 Å². The minimum absolute atomic E-state index is 0. The molecule has 2 aromatic carbocycles. The third-order valence-corrected chi connectivity index (χ3v) is 5.88. The lowest BCUT2D eigenvalue weighted by Crippen LogP contribution is -2.52. The van der Waals surface area contributed by atoms with Crippen molar-refractivity contribution in [3.05, 3.63) is 70.9 Å². The number of amides is 2. The Balaban J connectivity index is 0.00000131. The number of halogens is 1. The molecular weight excluding hydrogens is 474 g/mol. The number of fused-ring (bicyclic) bond motifs is 1. The summed E-state index contributed by atoms with van der Waals surface area (Å²) in [5.74, 6) is -1.14. The molecular formula is C25H34ClN3O6. The topological polar surface area (TPSA) is 146 Å². The number of β-amino-alcohol motifs (C(OH)–C–C–N with tert-alkyl or cyclic N) is 2. The van der Waals surface area contributed by atoms with E-state index in [4.69, 9.17) is 16.7 Å². The summed E-state index contributed by atoms with van der Waals surface area (Å²) in [6.45, 7) is 1.78. The van der Waals surface area contributed by atoms with Crippen LogP contribution in [0.15, 0.2) is 54.6 Å². The lowest BCUT2D eigenvalue weighted by atomic mass is 10.00. The molecule has 1 aliphatic heterocycles. The van der Waals surface area contributed by atoms with E-state index in [0.717, 1.165) is 16.5 Å². The fraction of sp³-hybridized carbons (Fsp3) is 0.360. The third kappa shape index (κ3) is 6.81. The number of nitrogens with one attached hydrogen (secondary N) is 2. The van der Waals surface area contributed by atoms with Gasteiger partial charge in [0.05, 0.1) is 18.2 Å². The van der Waals surface area contributed by atoms with E-state index < -0.39 is 36.2 Å². The minimum Gasteiger partial charge on any atom is -0.397 e. The number of nitrogens with zero attached hydrogens (tertiary/aromatic N) is 1. The van der Waals surface area contributed by atoms with Crippen LogP contribution >= 0.6 is 11.6 Å². The van der Waals surface area contributed by atoms with Gasteiger partial charge in [0.25, 0.3) is 11.8 Å². The molecule has 1 aromatic heterocycles. The van der Waals surface area contributed by atoms with Gasteiger partial charge in [0.2, 0.25) is 0 Å². The number of carbonyl (C=O) groups excluding carboxylic acids is 2. The fourth-order valence-electron chi connectivity index (χ4n) is 3.89. The van der Waals surface area contributed by atoms with Crippen molar-refractivity contribution in [3.63, 3.8) is 0 Å². The van der Waals surface area contributed by atoms with Crippen molar-refractivity contribution >= 4 is 34.3 Å². The van der Waals surface area contributed by atoms with E-state index in [1.54, 1.807) is 31.2 Å². The first-order valence-corrected chi connectivity index (χ1v) is 11.7. The van der Waals surface area contributed by atoms with E-state index in [2.05, 4.69) is 10.3 Å². The highest BCUT2D eigenvalue weighted by Crippen LogP contribution is 2.21. The summed E-state index contributed by atoms with van der Waals surface area (Å²) >= 11 is 6.02. The summed E-state index contributed by atoms with van der Waals surface area (Å²) in [5.41, 5.74) is 1.83. The molecule has 0 spiro atoms. The molecule has 2 heterocycles. The zero-order valence-corrected chi connectivity index (χ0v) is 20.0. The predicted molar refractivity (Wildman–Crippen MR) is 136 cm³/mol. The van der Waals surface area contributed by atoms with Crippen LogP contribution in [0.5, 0.6) is 0 Å².